The minimum atomic E-state index is -0.992. The lowest BCUT2D eigenvalue weighted by Crippen LogP contribution is -2.13. The van der Waals surface area contributed by atoms with Crippen molar-refractivity contribution in [2.45, 2.75) is 25.0 Å². The Kier molecular flexibility index (Phi) is 7.01. The first-order valence-electron chi connectivity index (χ1n) is 8.96. The average Bonchev–Trinajstić information content (AvgIpc) is 3.00. The van der Waals surface area contributed by atoms with Gasteiger partial charge in [-0.05, 0) is 35.9 Å². The lowest BCUT2D eigenvalue weighted by molar-refractivity contribution is -0.138. The van der Waals surface area contributed by atoms with Crippen molar-refractivity contribution in [2.24, 2.45) is 0 Å². The van der Waals surface area contributed by atoms with Crippen molar-refractivity contribution >= 4 is 51.8 Å². The number of anilines is 1. The molecule has 0 unspecified atom stereocenters. The van der Waals surface area contributed by atoms with Crippen LogP contribution in [0.2, 0.25) is 5.02 Å². The molecule has 0 aliphatic rings. The number of aliphatic carboxylic acids is 1. The van der Waals surface area contributed by atoms with E-state index in [-0.39, 0.29) is 18.7 Å². The molecule has 0 atom stereocenters. The smallest absolute Gasteiger partial charge is 0.303 e. The predicted molar refractivity (Wildman–Crippen MR) is 115 cm³/mol. The monoisotopic (exact) mass is 416 g/mol. The number of hydrogen-bond acceptors (Lipinski definition) is 3. The van der Waals surface area contributed by atoms with Gasteiger partial charge in [0.25, 0.3) is 0 Å². The third-order valence-corrected chi connectivity index (χ3v) is 5.70. The first kappa shape index (κ1) is 20.3. The molecule has 0 fully saturated rings. The van der Waals surface area contributed by atoms with Crippen LogP contribution >= 0.6 is 23.4 Å². The number of nitrogens with one attached hydrogen (secondary N) is 2. The first-order chi connectivity index (χ1) is 13.5. The van der Waals surface area contributed by atoms with Crippen LogP contribution in [0.25, 0.3) is 10.9 Å². The molecule has 5 nitrogen and oxygen atoms in total. The van der Waals surface area contributed by atoms with Crippen molar-refractivity contribution in [1.29, 1.82) is 0 Å². The number of rotatable bonds is 9. The Morgan fingerprint density at radius 1 is 1.11 bits per heavy atom. The fraction of sp³-hybridized carbons (Fsp3) is 0.238. The molecule has 0 radical (unpaired) electrons. The summed E-state index contributed by atoms with van der Waals surface area (Å²) in [6.45, 7) is 0. The van der Waals surface area contributed by atoms with E-state index in [9.17, 15) is 9.59 Å². The molecule has 7 heteroatoms. The molecule has 0 bridgehead atoms. The highest BCUT2D eigenvalue weighted by molar-refractivity contribution is 7.98. The summed E-state index contributed by atoms with van der Waals surface area (Å²) in [5.74, 6) is 0.458. The molecule has 28 heavy (non-hydrogen) atoms. The molecule has 3 N–H and O–H groups in total. The van der Waals surface area contributed by atoms with Gasteiger partial charge >= 0.3 is 5.97 Å². The topological polar surface area (TPSA) is 82.2 Å². The highest BCUT2D eigenvalue weighted by Crippen LogP contribution is 2.32. The molecule has 0 saturated carbocycles. The molecular weight excluding hydrogens is 396 g/mol. The van der Waals surface area contributed by atoms with Crippen LogP contribution < -0.4 is 5.32 Å². The molecule has 1 amide bonds. The zero-order chi connectivity index (χ0) is 19.9. The van der Waals surface area contributed by atoms with Crippen LogP contribution in [-0.2, 0) is 21.8 Å². The minimum Gasteiger partial charge on any atom is -0.481 e. The van der Waals surface area contributed by atoms with E-state index >= 15 is 0 Å². The maximum absolute atomic E-state index is 11.8. The third-order valence-electron chi connectivity index (χ3n) is 4.28. The number of halogens is 1. The summed E-state index contributed by atoms with van der Waals surface area (Å²) in [5, 5.41) is 12.9. The number of aromatic nitrogens is 1. The van der Waals surface area contributed by atoms with Crippen molar-refractivity contribution in [2.75, 3.05) is 11.1 Å². The summed E-state index contributed by atoms with van der Waals surface area (Å²) >= 11 is 8.34. The quantitative estimate of drug-likeness (QED) is 0.424. The van der Waals surface area contributed by atoms with E-state index in [1.807, 2.05) is 42.1 Å². The first-order valence-corrected chi connectivity index (χ1v) is 10.5. The maximum Gasteiger partial charge on any atom is 0.303 e. The van der Waals surface area contributed by atoms with Crippen LogP contribution in [0.1, 0.15) is 24.1 Å². The number of carbonyl (C=O) groups is 2. The van der Waals surface area contributed by atoms with Crippen molar-refractivity contribution in [3.05, 3.63) is 64.8 Å². The van der Waals surface area contributed by atoms with Gasteiger partial charge in [-0.25, -0.2) is 0 Å². The second kappa shape index (κ2) is 9.66. The lowest BCUT2D eigenvalue weighted by atomic mass is 10.2. The largest absolute Gasteiger partial charge is 0.481 e. The molecule has 0 spiro atoms. The van der Waals surface area contributed by atoms with Gasteiger partial charge in [-0.15, -0.1) is 0 Å². The normalized spacial score (nSPS) is 10.9. The van der Waals surface area contributed by atoms with Crippen LogP contribution in [0, 0.1) is 0 Å². The minimum absolute atomic E-state index is 0.0580. The Morgan fingerprint density at radius 2 is 1.89 bits per heavy atom. The number of carboxylic acids is 1. The van der Waals surface area contributed by atoms with E-state index in [1.54, 1.807) is 6.07 Å². The standard InChI is InChI=1S/C21H21ClN2O3S/c22-21-16-12-15(23-19(25)8-9-20(26)27)6-7-17(16)24-18(21)13-28-11-10-14-4-2-1-3-5-14/h1-7,12,24H,8-11,13H2,(H,23,25)(H,26,27). The molecule has 1 aromatic heterocycles. The predicted octanol–water partition coefficient (Wildman–Crippen LogP) is 5.10. The summed E-state index contributed by atoms with van der Waals surface area (Å²) in [6, 6.07) is 15.8. The number of carboxylic acid groups (broad SMARTS) is 1. The second-order valence-electron chi connectivity index (χ2n) is 6.41. The molecule has 2 aromatic carbocycles. The summed E-state index contributed by atoms with van der Waals surface area (Å²) in [7, 11) is 0. The summed E-state index contributed by atoms with van der Waals surface area (Å²) < 4.78 is 0. The Hall–Kier alpha value is -2.44. The lowest BCUT2D eigenvalue weighted by Gasteiger charge is -2.04. The summed E-state index contributed by atoms with van der Waals surface area (Å²) in [4.78, 5) is 25.7. The number of amides is 1. The molecule has 3 rings (SSSR count). The van der Waals surface area contributed by atoms with E-state index in [1.165, 1.54) is 5.56 Å². The third kappa shape index (κ3) is 5.53. The highest BCUT2D eigenvalue weighted by atomic mass is 35.5. The number of H-pyrrole nitrogens is 1. The van der Waals surface area contributed by atoms with Crippen molar-refractivity contribution in [3.8, 4) is 0 Å². The number of carbonyl (C=O) groups excluding carboxylic acids is 1. The molecule has 3 aromatic rings. The number of hydrogen-bond donors (Lipinski definition) is 3. The number of thioether (sulfide) groups is 1. The van der Waals surface area contributed by atoms with E-state index in [0.29, 0.717) is 10.7 Å². The Bertz CT molecular complexity index is 972. The molecule has 146 valence electrons. The van der Waals surface area contributed by atoms with Crippen LogP contribution in [-0.4, -0.2) is 27.7 Å². The SMILES string of the molecule is O=C(O)CCC(=O)Nc1ccc2[nH]c(CSCCc3ccccc3)c(Cl)c2c1. The number of aromatic amines is 1. The fourth-order valence-electron chi connectivity index (χ4n) is 2.84. The average molecular weight is 417 g/mol. The summed E-state index contributed by atoms with van der Waals surface area (Å²) in [5.41, 5.74) is 3.80. The maximum atomic E-state index is 11.8. The molecular formula is C21H21ClN2O3S. The van der Waals surface area contributed by atoms with Gasteiger partial charge in [-0.3, -0.25) is 9.59 Å². The van der Waals surface area contributed by atoms with Crippen molar-refractivity contribution in [1.82, 2.24) is 4.98 Å². The Morgan fingerprint density at radius 3 is 2.64 bits per heavy atom. The summed E-state index contributed by atoms with van der Waals surface area (Å²) in [6.07, 6.45) is 0.761. The van der Waals surface area contributed by atoms with Gasteiger partial charge in [0.05, 0.1) is 11.4 Å². The van der Waals surface area contributed by atoms with Crippen LogP contribution in [0.4, 0.5) is 5.69 Å². The zero-order valence-corrected chi connectivity index (χ0v) is 16.8. The van der Waals surface area contributed by atoms with Gasteiger partial charge in [0, 0.05) is 34.5 Å². The van der Waals surface area contributed by atoms with E-state index < -0.39 is 5.97 Å². The molecule has 0 aliphatic carbocycles. The van der Waals surface area contributed by atoms with E-state index in [0.717, 1.165) is 34.5 Å². The van der Waals surface area contributed by atoms with Gasteiger partial charge in [0.1, 0.15) is 0 Å². The van der Waals surface area contributed by atoms with Crippen molar-refractivity contribution < 1.29 is 14.7 Å². The van der Waals surface area contributed by atoms with Gasteiger partial charge in [-0.2, -0.15) is 11.8 Å². The van der Waals surface area contributed by atoms with Gasteiger partial charge in [0.15, 0.2) is 0 Å². The number of benzene rings is 2. The van der Waals surface area contributed by atoms with Crippen LogP contribution in [0.5, 0.6) is 0 Å². The van der Waals surface area contributed by atoms with E-state index in [4.69, 9.17) is 16.7 Å². The molecule has 0 aliphatic heterocycles. The highest BCUT2D eigenvalue weighted by Gasteiger charge is 2.12. The van der Waals surface area contributed by atoms with Gasteiger partial charge in [0.2, 0.25) is 5.91 Å². The molecule has 0 saturated heterocycles. The Balaban J connectivity index is 1.59. The number of aryl methyl sites for hydroxylation is 1. The van der Waals surface area contributed by atoms with Crippen LogP contribution in [0.15, 0.2) is 48.5 Å². The zero-order valence-electron chi connectivity index (χ0n) is 15.2. The van der Waals surface area contributed by atoms with E-state index in [2.05, 4.69) is 22.4 Å². The molecule has 1 heterocycles. The van der Waals surface area contributed by atoms with Crippen LogP contribution in [0.3, 0.4) is 0 Å². The van der Waals surface area contributed by atoms with Gasteiger partial charge < -0.3 is 15.4 Å². The fourth-order valence-corrected chi connectivity index (χ4v) is 4.14. The van der Waals surface area contributed by atoms with Crippen molar-refractivity contribution in [3.63, 3.8) is 0 Å². The Labute approximate surface area is 172 Å². The number of fused-ring (bicyclic) bond motifs is 1. The van der Waals surface area contributed by atoms with Gasteiger partial charge in [-0.1, -0.05) is 41.9 Å². The second-order valence-corrected chi connectivity index (χ2v) is 7.89.